The van der Waals surface area contributed by atoms with Crippen molar-refractivity contribution < 1.29 is 13.2 Å². The van der Waals surface area contributed by atoms with Gasteiger partial charge in [-0.1, -0.05) is 0 Å². The Morgan fingerprint density at radius 3 is 2.53 bits per heavy atom. The zero-order chi connectivity index (χ0) is 14.1. The van der Waals surface area contributed by atoms with Gasteiger partial charge in [0.1, 0.15) is 5.82 Å². The van der Waals surface area contributed by atoms with Crippen molar-refractivity contribution in [2.24, 2.45) is 0 Å². The number of nitrogens with one attached hydrogen (secondary N) is 1. The molecule has 3 nitrogen and oxygen atoms in total. The van der Waals surface area contributed by atoms with E-state index in [1.165, 1.54) is 12.3 Å². The minimum absolute atomic E-state index is 0.0413. The Morgan fingerprint density at radius 1 is 1.37 bits per heavy atom. The maximum atomic E-state index is 12.8. The Morgan fingerprint density at radius 2 is 2.05 bits per heavy atom. The second-order valence-corrected chi connectivity index (χ2v) is 5.22. The third kappa shape index (κ3) is 2.83. The Hall–Kier alpha value is -1.30. The van der Waals surface area contributed by atoms with Gasteiger partial charge in [0.2, 0.25) is 0 Å². The minimum Gasteiger partial charge on any atom is -0.368 e. The van der Waals surface area contributed by atoms with Gasteiger partial charge in [-0.25, -0.2) is 4.98 Å². The van der Waals surface area contributed by atoms with E-state index < -0.39 is 11.7 Å². The largest absolute Gasteiger partial charge is 0.419 e. The molecule has 0 spiro atoms. The smallest absolute Gasteiger partial charge is 0.368 e. The van der Waals surface area contributed by atoms with Gasteiger partial charge in [-0.05, 0) is 45.5 Å². The monoisotopic (exact) mass is 273 g/mol. The molecule has 19 heavy (non-hydrogen) atoms. The summed E-state index contributed by atoms with van der Waals surface area (Å²) >= 11 is 0. The molecule has 1 aromatic rings. The lowest BCUT2D eigenvalue weighted by Gasteiger charge is -2.47. The van der Waals surface area contributed by atoms with Crippen molar-refractivity contribution in [1.29, 1.82) is 0 Å². The van der Waals surface area contributed by atoms with Crippen LogP contribution in [-0.2, 0) is 6.18 Å². The lowest BCUT2D eigenvalue weighted by atomic mass is 9.75. The topological polar surface area (TPSA) is 28.2 Å². The van der Waals surface area contributed by atoms with E-state index in [2.05, 4.69) is 15.2 Å². The molecule has 1 aliphatic carbocycles. The molecule has 0 bridgehead atoms. The van der Waals surface area contributed by atoms with Crippen LogP contribution in [0.15, 0.2) is 18.3 Å². The van der Waals surface area contributed by atoms with Gasteiger partial charge in [-0.3, -0.25) is 0 Å². The van der Waals surface area contributed by atoms with Gasteiger partial charge in [0.25, 0.3) is 0 Å². The van der Waals surface area contributed by atoms with E-state index in [9.17, 15) is 13.2 Å². The van der Waals surface area contributed by atoms with Gasteiger partial charge < -0.3 is 10.2 Å². The van der Waals surface area contributed by atoms with Crippen LogP contribution in [0.4, 0.5) is 19.0 Å². The molecule has 1 aromatic heterocycles. The van der Waals surface area contributed by atoms with E-state index in [0.717, 1.165) is 25.3 Å². The number of hydrogen-bond acceptors (Lipinski definition) is 3. The van der Waals surface area contributed by atoms with E-state index >= 15 is 0 Å². The van der Waals surface area contributed by atoms with Crippen molar-refractivity contribution in [3.05, 3.63) is 23.9 Å². The maximum absolute atomic E-state index is 12.8. The van der Waals surface area contributed by atoms with E-state index in [1.807, 2.05) is 14.1 Å². The van der Waals surface area contributed by atoms with Crippen LogP contribution in [0.2, 0.25) is 0 Å². The van der Waals surface area contributed by atoms with E-state index in [0.29, 0.717) is 6.54 Å². The molecule has 0 unspecified atom stereocenters. The summed E-state index contributed by atoms with van der Waals surface area (Å²) in [6.07, 6.45) is 0.124. The van der Waals surface area contributed by atoms with Gasteiger partial charge in [-0.15, -0.1) is 0 Å². The van der Waals surface area contributed by atoms with Gasteiger partial charge in [-0.2, -0.15) is 13.2 Å². The number of aromatic nitrogens is 1. The fourth-order valence-corrected chi connectivity index (χ4v) is 2.39. The number of rotatable bonds is 4. The molecule has 0 amide bonds. The first-order valence-corrected chi connectivity index (χ1v) is 6.29. The molecule has 106 valence electrons. The van der Waals surface area contributed by atoms with Crippen molar-refractivity contribution >= 4 is 5.82 Å². The molecule has 0 saturated heterocycles. The highest BCUT2D eigenvalue weighted by molar-refractivity contribution is 5.46. The molecule has 0 aromatic carbocycles. The van der Waals surface area contributed by atoms with Crippen molar-refractivity contribution in [3.63, 3.8) is 0 Å². The molecule has 0 radical (unpaired) electrons. The Balaban J connectivity index is 2.12. The Bertz CT molecular complexity index is 439. The van der Waals surface area contributed by atoms with Crippen LogP contribution < -0.4 is 5.32 Å². The van der Waals surface area contributed by atoms with Gasteiger partial charge in [0, 0.05) is 18.3 Å². The highest BCUT2D eigenvalue weighted by Crippen LogP contribution is 2.38. The van der Waals surface area contributed by atoms with Crippen LogP contribution in [-0.4, -0.2) is 36.1 Å². The Kier molecular flexibility index (Phi) is 3.71. The molecular formula is C13H18F3N3. The molecule has 1 aliphatic rings. The molecule has 1 fully saturated rings. The highest BCUT2D eigenvalue weighted by atomic mass is 19.4. The summed E-state index contributed by atoms with van der Waals surface area (Å²) in [5.74, 6) is -0.0804. The predicted molar refractivity (Wildman–Crippen MR) is 68.0 cm³/mol. The first-order chi connectivity index (χ1) is 8.85. The third-order valence-electron chi connectivity index (χ3n) is 3.93. The summed E-state index contributed by atoms with van der Waals surface area (Å²) in [6.45, 7) is 0.486. The number of alkyl halides is 3. The summed E-state index contributed by atoms with van der Waals surface area (Å²) in [7, 11) is 3.92. The fourth-order valence-electron chi connectivity index (χ4n) is 2.39. The number of hydrogen-bond donors (Lipinski definition) is 1. The first-order valence-electron chi connectivity index (χ1n) is 6.29. The lowest BCUT2D eigenvalue weighted by Crippen LogP contribution is -2.54. The van der Waals surface area contributed by atoms with Crippen molar-refractivity contribution in [3.8, 4) is 0 Å². The molecular weight excluding hydrogens is 255 g/mol. The second-order valence-electron chi connectivity index (χ2n) is 5.22. The van der Waals surface area contributed by atoms with E-state index in [-0.39, 0.29) is 11.4 Å². The number of likely N-dealkylation sites (N-methyl/N-ethyl adjacent to an activating group) is 1. The molecule has 0 atom stereocenters. The Labute approximate surface area is 110 Å². The van der Waals surface area contributed by atoms with Crippen LogP contribution >= 0.6 is 0 Å². The van der Waals surface area contributed by atoms with E-state index in [4.69, 9.17) is 0 Å². The number of pyridine rings is 1. The van der Waals surface area contributed by atoms with Crippen LogP contribution in [0.3, 0.4) is 0 Å². The SMILES string of the molecule is CN(C)C1(CNc2ncccc2C(F)(F)F)CCC1. The zero-order valence-electron chi connectivity index (χ0n) is 11.1. The number of halogens is 3. The van der Waals surface area contributed by atoms with Crippen LogP contribution in [0, 0.1) is 0 Å². The van der Waals surface area contributed by atoms with Crippen LogP contribution in [0.1, 0.15) is 24.8 Å². The zero-order valence-corrected chi connectivity index (χ0v) is 11.1. The van der Waals surface area contributed by atoms with E-state index in [1.54, 1.807) is 0 Å². The highest BCUT2D eigenvalue weighted by Gasteiger charge is 2.40. The summed E-state index contributed by atoms with van der Waals surface area (Å²) in [6, 6.07) is 2.36. The van der Waals surface area contributed by atoms with Gasteiger partial charge in [0.05, 0.1) is 5.56 Å². The van der Waals surface area contributed by atoms with Crippen molar-refractivity contribution in [2.75, 3.05) is 26.0 Å². The standard InChI is InChI=1S/C13H18F3N3/c1-19(2)12(6-4-7-12)9-18-11-10(13(14,15)16)5-3-8-17-11/h3,5,8H,4,6-7,9H2,1-2H3,(H,17,18). The normalized spacial score (nSPS) is 18.2. The summed E-state index contributed by atoms with van der Waals surface area (Å²) in [5.41, 5.74) is -0.747. The average molecular weight is 273 g/mol. The molecule has 2 rings (SSSR count). The van der Waals surface area contributed by atoms with Crippen molar-refractivity contribution in [2.45, 2.75) is 31.0 Å². The summed E-state index contributed by atoms with van der Waals surface area (Å²) in [5, 5.41) is 2.87. The summed E-state index contributed by atoms with van der Waals surface area (Å²) < 4.78 is 38.5. The number of anilines is 1. The lowest BCUT2D eigenvalue weighted by molar-refractivity contribution is -0.137. The molecule has 0 aliphatic heterocycles. The van der Waals surface area contributed by atoms with Crippen LogP contribution in [0.5, 0.6) is 0 Å². The van der Waals surface area contributed by atoms with Gasteiger partial charge >= 0.3 is 6.18 Å². The fraction of sp³-hybridized carbons (Fsp3) is 0.615. The van der Waals surface area contributed by atoms with Gasteiger partial charge in [0.15, 0.2) is 0 Å². The maximum Gasteiger partial charge on any atom is 0.419 e. The number of nitrogens with zero attached hydrogens (tertiary/aromatic N) is 2. The van der Waals surface area contributed by atoms with Crippen molar-refractivity contribution in [1.82, 2.24) is 9.88 Å². The predicted octanol–water partition coefficient (Wildman–Crippen LogP) is 3.00. The molecule has 1 heterocycles. The second kappa shape index (κ2) is 5.00. The quantitative estimate of drug-likeness (QED) is 0.914. The molecule has 6 heteroatoms. The minimum atomic E-state index is -4.37. The molecule has 1 saturated carbocycles. The molecule has 1 N–H and O–H groups in total. The summed E-state index contributed by atoms with van der Waals surface area (Å²) in [4.78, 5) is 5.90. The van der Waals surface area contributed by atoms with Crippen LogP contribution in [0.25, 0.3) is 0 Å². The average Bonchev–Trinajstić information content (AvgIpc) is 2.26. The first kappa shape index (κ1) is 14.1. The third-order valence-corrected chi connectivity index (χ3v) is 3.93.